The Balaban J connectivity index is 1.80. The van der Waals surface area contributed by atoms with Crippen LogP contribution in [0.25, 0.3) is 26.3 Å². The summed E-state index contributed by atoms with van der Waals surface area (Å²) in [7, 11) is 0. The van der Waals surface area contributed by atoms with E-state index in [0.717, 1.165) is 33.1 Å². The Morgan fingerprint density at radius 2 is 1.76 bits per heavy atom. The molecule has 0 saturated carbocycles. The van der Waals surface area contributed by atoms with Crippen molar-refractivity contribution in [3.8, 4) is 16.1 Å². The Labute approximate surface area is 177 Å². The molecule has 0 bridgehead atoms. The van der Waals surface area contributed by atoms with Crippen LogP contribution in [0.3, 0.4) is 0 Å². The largest absolute Gasteiger partial charge is 0.300 e. The topological polar surface area (TPSA) is 52.0 Å². The summed E-state index contributed by atoms with van der Waals surface area (Å²) in [5, 5.41) is 1.30. The number of thioether (sulfide) groups is 1. The minimum atomic E-state index is -0.0614. The van der Waals surface area contributed by atoms with Crippen molar-refractivity contribution in [1.29, 1.82) is 0 Å². The first kappa shape index (κ1) is 19.6. The van der Waals surface area contributed by atoms with Crippen LogP contribution in [0.1, 0.15) is 19.8 Å². The maximum atomic E-state index is 13.4. The Bertz CT molecular complexity index is 1200. The highest BCUT2D eigenvalue weighted by Gasteiger charge is 2.16. The highest BCUT2D eigenvalue weighted by molar-refractivity contribution is 7.99. The number of Topliss-reactive ketones (excluding diaryl/α,β-unsaturated/α-hetero) is 1. The fourth-order valence-electron chi connectivity index (χ4n) is 3.09. The second-order valence-corrected chi connectivity index (χ2v) is 8.81. The summed E-state index contributed by atoms with van der Waals surface area (Å²) in [5.41, 5.74) is 1.82. The molecule has 0 fully saturated rings. The van der Waals surface area contributed by atoms with Crippen molar-refractivity contribution in [2.45, 2.75) is 24.9 Å². The minimum absolute atomic E-state index is 0.0614. The van der Waals surface area contributed by atoms with Gasteiger partial charge in [0.2, 0.25) is 0 Å². The molecule has 146 valence electrons. The molecule has 4 nitrogen and oxygen atoms in total. The van der Waals surface area contributed by atoms with Gasteiger partial charge in [-0.25, -0.2) is 4.98 Å². The first-order chi connectivity index (χ1) is 14.1. The molecule has 2 aromatic heterocycles. The SMILES string of the molecule is CC(=O)CCCSc1nc2sc(-c3ccccc3)cc2c(=O)n1-c1ccccc1. The van der Waals surface area contributed by atoms with Crippen molar-refractivity contribution in [3.05, 3.63) is 77.1 Å². The van der Waals surface area contributed by atoms with Gasteiger partial charge in [-0.2, -0.15) is 0 Å². The number of carbonyl (C=O) groups is 1. The molecule has 4 rings (SSSR count). The van der Waals surface area contributed by atoms with E-state index in [4.69, 9.17) is 4.98 Å². The Hall–Kier alpha value is -2.70. The summed E-state index contributed by atoms with van der Waals surface area (Å²) in [4.78, 5) is 31.2. The third kappa shape index (κ3) is 4.33. The smallest absolute Gasteiger partial charge is 0.267 e. The molecule has 0 N–H and O–H groups in total. The van der Waals surface area contributed by atoms with E-state index in [1.807, 2.05) is 66.7 Å². The molecule has 4 aromatic rings. The van der Waals surface area contributed by atoms with Crippen LogP contribution < -0.4 is 5.56 Å². The molecule has 0 spiro atoms. The number of benzene rings is 2. The average Bonchev–Trinajstić information content (AvgIpc) is 3.17. The molecule has 6 heteroatoms. The van der Waals surface area contributed by atoms with Crippen molar-refractivity contribution in [3.63, 3.8) is 0 Å². The maximum Gasteiger partial charge on any atom is 0.267 e. The summed E-state index contributed by atoms with van der Waals surface area (Å²) in [6, 6.07) is 21.6. The summed E-state index contributed by atoms with van der Waals surface area (Å²) in [6.07, 6.45) is 1.31. The fourth-order valence-corrected chi connectivity index (χ4v) is 5.12. The Morgan fingerprint density at radius 1 is 1.07 bits per heavy atom. The predicted octanol–water partition coefficient (Wildman–Crippen LogP) is 5.58. The van der Waals surface area contributed by atoms with Crippen LogP contribution >= 0.6 is 23.1 Å². The summed E-state index contributed by atoms with van der Waals surface area (Å²) >= 11 is 3.06. The summed E-state index contributed by atoms with van der Waals surface area (Å²) in [5.74, 6) is 0.918. The van der Waals surface area contributed by atoms with Crippen molar-refractivity contribution in [2.24, 2.45) is 0 Å². The van der Waals surface area contributed by atoms with Gasteiger partial charge in [0.1, 0.15) is 10.6 Å². The molecule has 0 amide bonds. The summed E-state index contributed by atoms with van der Waals surface area (Å²) < 4.78 is 1.68. The van der Waals surface area contributed by atoms with Crippen molar-refractivity contribution < 1.29 is 4.79 Å². The van der Waals surface area contributed by atoms with Crippen molar-refractivity contribution >= 4 is 39.1 Å². The molecule has 0 saturated heterocycles. The zero-order chi connectivity index (χ0) is 20.2. The molecule has 29 heavy (non-hydrogen) atoms. The first-order valence-corrected chi connectivity index (χ1v) is 11.2. The lowest BCUT2D eigenvalue weighted by Crippen LogP contribution is -2.21. The number of ketones is 1. The molecule has 0 aliphatic heterocycles. The highest BCUT2D eigenvalue weighted by atomic mass is 32.2. The van der Waals surface area contributed by atoms with Gasteiger partial charge in [-0.3, -0.25) is 9.36 Å². The van der Waals surface area contributed by atoms with Crippen LogP contribution in [0.4, 0.5) is 0 Å². The van der Waals surface area contributed by atoms with Gasteiger partial charge in [0, 0.05) is 17.1 Å². The average molecular weight is 421 g/mol. The van der Waals surface area contributed by atoms with E-state index in [9.17, 15) is 9.59 Å². The van der Waals surface area contributed by atoms with E-state index < -0.39 is 0 Å². The summed E-state index contributed by atoms with van der Waals surface area (Å²) in [6.45, 7) is 1.60. The molecule has 0 atom stereocenters. The minimum Gasteiger partial charge on any atom is -0.300 e. The van der Waals surface area contributed by atoms with E-state index in [1.54, 1.807) is 11.5 Å². The first-order valence-electron chi connectivity index (χ1n) is 9.43. The Morgan fingerprint density at radius 3 is 2.45 bits per heavy atom. The lowest BCUT2D eigenvalue weighted by Gasteiger charge is -2.11. The van der Waals surface area contributed by atoms with Gasteiger partial charge in [0.05, 0.1) is 11.1 Å². The zero-order valence-electron chi connectivity index (χ0n) is 16.0. The molecule has 2 aromatic carbocycles. The van der Waals surface area contributed by atoms with Gasteiger partial charge in [0.15, 0.2) is 5.16 Å². The lowest BCUT2D eigenvalue weighted by atomic mass is 10.2. The van der Waals surface area contributed by atoms with Crippen molar-refractivity contribution in [1.82, 2.24) is 9.55 Å². The molecule has 0 radical (unpaired) electrons. The highest BCUT2D eigenvalue weighted by Crippen LogP contribution is 2.32. The Kier molecular flexibility index (Phi) is 5.92. The molecule has 2 heterocycles. The van der Waals surface area contributed by atoms with Gasteiger partial charge in [-0.1, -0.05) is 60.3 Å². The standard InChI is InChI=1S/C23H20N2O2S2/c1-16(26)9-8-14-28-23-24-21-19(15-20(29-21)17-10-4-2-5-11-17)22(27)25(23)18-12-6-3-7-13-18/h2-7,10-13,15H,8-9,14H2,1H3. The molecular weight excluding hydrogens is 400 g/mol. The second kappa shape index (κ2) is 8.76. The van der Waals surface area contributed by atoms with Crippen LogP contribution in [0, 0.1) is 0 Å². The number of carbonyl (C=O) groups excluding carboxylic acids is 1. The normalized spacial score (nSPS) is 11.1. The number of rotatable bonds is 7. The quantitative estimate of drug-likeness (QED) is 0.223. The van der Waals surface area contributed by atoms with E-state index in [-0.39, 0.29) is 11.3 Å². The number of hydrogen-bond acceptors (Lipinski definition) is 5. The predicted molar refractivity (Wildman–Crippen MR) is 121 cm³/mol. The van der Waals surface area contributed by atoms with Crippen molar-refractivity contribution in [2.75, 3.05) is 5.75 Å². The number of hydrogen-bond donors (Lipinski definition) is 0. The number of aromatic nitrogens is 2. The molecular formula is C23H20N2O2S2. The zero-order valence-corrected chi connectivity index (χ0v) is 17.6. The van der Waals surface area contributed by atoms with Gasteiger partial charge >= 0.3 is 0 Å². The van der Waals surface area contributed by atoms with E-state index in [1.165, 1.54) is 23.1 Å². The van der Waals surface area contributed by atoms with Gasteiger partial charge in [-0.05, 0) is 37.1 Å². The van der Waals surface area contributed by atoms with Crippen LogP contribution in [0.5, 0.6) is 0 Å². The second-order valence-electron chi connectivity index (χ2n) is 6.72. The number of para-hydroxylation sites is 1. The molecule has 0 aliphatic carbocycles. The van der Waals surface area contributed by atoms with Crippen LogP contribution in [-0.2, 0) is 4.79 Å². The van der Waals surface area contributed by atoms with E-state index in [0.29, 0.717) is 17.0 Å². The lowest BCUT2D eigenvalue weighted by molar-refractivity contribution is -0.117. The number of nitrogens with zero attached hydrogens (tertiary/aromatic N) is 2. The van der Waals surface area contributed by atoms with Crippen LogP contribution in [-0.4, -0.2) is 21.1 Å². The van der Waals surface area contributed by atoms with E-state index >= 15 is 0 Å². The van der Waals surface area contributed by atoms with Gasteiger partial charge in [-0.15, -0.1) is 11.3 Å². The number of fused-ring (bicyclic) bond motifs is 1. The molecule has 0 unspecified atom stereocenters. The van der Waals surface area contributed by atoms with Crippen LogP contribution in [0.15, 0.2) is 76.7 Å². The van der Waals surface area contributed by atoms with Gasteiger partial charge < -0.3 is 4.79 Å². The molecule has 0 aliphatic rings. The van der Waals surface area contributed by atoms with Crippen LogP contribution in [0.2, 0.25) is 0 Å². The maximum absolute atomic E-state index is 13.4. The van der Waals surface area contributed by atoms with Gasteiger partial charge in [0.25, 0.3) is 5.56 Å². The third-order valence-corrected chi connectivity index (χ3v) is 6.61. The monoisotopic (exact) mass is 420 g/mol. The number of thiophene rings is 1. The van der Waals surface area contributed by atoms with E-state index in [2.05, 4.69) is 0 Å². The third-order valence-electron chi connectivity index (χ3n) is 4.51. The fraction of sp³-hybridized carbons (Fsp3) is 0.174.